The molecule has 37 heavy (non-hydrogen) atoms. The quantitative estimate of drug-likeness (QED) is 0.212. The minimum absolute atomic E-state index is 0.164. The second kappa shape index (κ2) is 10.2. The van der Waals surface area contributed by atoms with E-state index in [0.717, 1.165) is 22.3 Å². The third-order valence-electron chi connectivity index (χ3n) is 6.67. The molecule has 2 amide bonds. The Kier molecular flexibility index (Phi) is 6.61. The van der Waals surface area contributed by atoms with Crippen molar-refractivity contribution in [2.75, 3.05) is 6.54 Å². The van der Waals surface area contributed by atoms with Gasteiger partial charge in [-0.1, -0.05) is 48.5 Å². The summed E-state index contributed by atoms with van der Waals surface area (Å²) in [5.41, 5.74) is 7.50. The number of rotatable bonds is 6. The highest BCUT2D eigenvalue weighted by molar-refractivity contribution is 6.06. The van der Waals surface area contributed by atoms with E-state index in [1.807, 2.05) is 48.5 Å². The van der Waals surface area contributed by atoms with E-state index in [4.69, 9.17) is 5.84 Å². The van der Waals surface area contributed by atoms with Crippen LogP contribution < -0.4 is 11.3 Å². The monoisotopic (exact) mass is 495 g/mol. The summed E-state index contributed by atoms with van der Waals surface area (Å²) in [5.74, 6) is 3.84. The highest BCUT2D eigenvalue weighted by Crippen LogP contribution is 2.28. The van der Waals surface area contributed by atoms with E-state index in [0.29, 0.717) is 41.5 Å². The van der Waals surface area contributed by atoms with Crippen molar-refractivity contribution in [3.05, 3.63) is 84.2 Å². The molecule has 1 aliphatic heterocycles. The number of carboxylic acid groups (broad SMARTS) is 1. The number of nitrogens with two attached hydrogens (primary N) is 1. The summed E-state index contributed by atoms with van der Waals surface area (Å²) in [5, 5.41) is 9.94. The summed E-state index contributed by atoms with van der Waals surface area (Å²) in [7, 11) is 0. The number of carbonyl (C=O) groups is 3. The summed E-state index contributed by atoms with van der Waals surface area (Å²) >= 11 is 0. The number of benzene rings is 2. The van der Waals surface area contributed by atoms with Crippen molar-refractivity contribution in [3.8, 4) is 22.4 Å². The molecule has 2 aromatic carbocycles. The van der Waals surface area contributed by atoms with E-state index < -0.39 is 17.9 Å². The number of carbonyl (C=O) groups excluding carboxylic acids is 2. The Morgan fingerprint density at radius 3 is 2.35 bits per heavy atom. The third kappa shape index (κ3) is 4.89. The molecule has 4 N–H and O–H groups in total. The SMILES string of the molecule is NNC(=O)c1cc(-c2ccc(-c3ccc(CC(=O)N4CCCC4C(=O)O)cc3)cc2)nc2ccncc12. The molecule has 0 radical (unpaired) electrons. The van der Waals surface area contributed by atoms with Gasteiger partial charge >= 0.3 is 5.97 Å². The van der Waals surface area contributed by atoms with Crippen LogP contribution >= 0.6 is 0 Å². The molecule has 1 fully saturated rings. The Labute approximate surface area is 212 Å². The molecule has 5 rings (SSSR count). The number of amides is 2. The Morgan fingerprint density at radius 1 is 1.00 bits per heavy atom. The summed E-state index contributed by atoms with van der Waals surface area (Å²) in [4.78, 5) is 46.6. The number of nitrogens with one attached hydrogen (secondary N) is 1. The molecule has 9 nitrogen and oxygen atoms in total. The third-order valence-corrected chi connectivity index (χ3v) is 6.67. The molecule has 186 valence electrons. The highest BCUT2D eigenvalue weighted by atomic mass is 16.4. The molecule has 0 bridgehead atoms. The summed E-state index contributed by atoms with van der Waals surface area (Å²) in [6.07, 6.45) is 4.60. The number of hydrazine groups is 1. The van der Waals surface area contributed by atoms with Gasteiger partial charge in [-0.15, -0.1) is 0 Å². The second-order valence-electron chi connectivity index (χ2n) is 8.96. The number of hydrogen-bond acceptors (Lipinski definition) is 6. The zero-order valence-corrected chi connectivity index (χ0v) is 19.9. The van der Waals surface area contributed by atoms with Crippen LogP contribution in [0.2, 0.25) is 0 Å². The number of likely N-dealkylation sites (tertiary alicyclic amines) is 1. The standard InChI is InChI=1S/C28H25N5O4/c29-32-27(35)21-15-24(31-23-11-12-30-16-22(21)23)20-9-7-19(8-10-20)18-5-3-17(4-6-18)14-26(34)33-13-1-2-25(33)28(36)37/h3-12,15-16,25H,1-2,13-14,29H2,(H,32,35)(H,36,37). The maximum absolute atomic E-state index is 12.6. The smallest absolute Gasteiger partial charge is 0.326 e. The lowest BCUT2D eigenvalue weighted by Gasteiger charge is -2.21. The largest absolute Gasteiger partial charge is 0.480 e. The molecular formula is C28H25N5O4. The maximum atomic E-state index is 12.6. The number of aromatic nitrogens is 2. The molecule has 3 heterocycles. The van der Waals surface area contributed by atoms with Gasteiger partial charge in [0.2, 0.25) is 5.91 Å². The molecule has 1 atom stereocenters. The van der Waals surface area contributed by atoms with Crippen LogP contribution in [0.1, 0.15) is 28.8 Å². The van der Waals surface area contributed by atoms with Crippen LogP contribution in [-0.4, -0.2) is 50.3 Å². The van der Waals surface area contributed by atoms with Gasteiger partial charge in [-0.05, 0) is 41.7 Å². The van der Waals surface area contributed by atoms with E-state index in [-0.39, 0.29) is 12.3 Å². The van der Waals surface area contributed by atoms with Gasteiger partial charge in [0, 0.05) is 29.9 Å². The zero-order chi connectivity index (χ0) is 25.9. The van der Waals surface area contributed by atoms with Crippen LogP contribution in [0.4, 0.5) is 0 Å². The maximum Gasteiger partial charge on any atom is 0.326 e. The van der Waals surface area contributed by atoms with Gasteiger partial charge < -0.3 is 10.0 Å². The van der Waals surface area contributed by atoms with E-state index in [9.17, 15) is 19.5 Å². The number of pyridine rings is 2. The summed E-state index contributed by atoms with van der Waals surface area (Å²) in [6, 6.07) is 18.2. The number of aliphatic carboxylic acids is 1. The average molecular weight is 496 g/mol. The van der Waals surface area contributed by atoms with Gasteiger partial charge in [-0.2, -0.15) is 0 Å². The lowest BCUT2D eigenvalue weighted by atomic mass is 9.99. The van der Waals surface area contributed by atoms with Crippen molar-refractivity contribution in [1.29, 1.82) is 0 Å². The minimum Gasteiger partial charge on any atom is -0.480 e. The number of hydrogen-bond donors (Lipinski definition) is 3. The molecule has 0 aliphatic carbocycles. The number of nitrogens with zero attached hydrogens (tertiary/aromatic N) is 3. The second-order valence-corrected chi connectivity index (χ2v) is 8.96. The Balaban J connectivity index is 1.34. The van der Waals surface area contributed by atoms with Gasteiger partial charge in [0.05, 0.1) is 23.2 Å². The normalized spacial score (nSPS) is 15.1. The molecule has 1 saturated heterocycles. The first kappa shape index (κ1) is 24.1. The van der Waals surface area contributed by atoms with E-state index in [2.05, 4.69) is 15.4 Å². The topological polar surface area (TPSA) is 139 Å². The number of fused-ring (bicyclic) bond motifs is 1. The first-order chi connectivity index (χ1) is 17.9. The van der Waals surface area contributed by atoms with Gasteiger partial charge in [0.15, 0.2) is 0 Å². The van der Waals surface area contributed by atoms with Crippen LogP contribution in [0.3, 0.4) is 0 Å². The van der Waals surface area contributed by atoms with Crippen molar-refractivity contribution in [3.63, 3.8) is 0 Å². The van der Waals surface area contributed by atoms with Gasteiger partial charge in [0.25, 0.3) is 5.91 Å². The Bertz CT molecular complexity index is 1490. The molecule has 0 spiro atoms. The number of carboxylic acids is 1. The molecule has 1 aliphatic rings. The molecule has 0 saturated carbocycles. The summed E-state index contributed by atoms with van der Waals surface area (Å²) < 4.78 is 0. The van der Waals surface area contributed by atoms with Gasteiger partial charge in [-0.3, -0.25) is 20.0 Å². The molecular weight excluding hydrogens is 470 g/mol. The van der Waals surface area contributed by atoms with Crippen LogP contribution in [0, 0.1) is 0 Å². The Hall–Kier alpha value is -4.63. The van der Waals surface area contributed by atoms with Gasteiger partial charge in [-0.25, -0.2) is 15.6 Å². The predicted molar refractivity (Wildman–Crippen MR) is 138 cm³/mol. The first-order valence-corrected chi connectivity index (χ1v) is 11.9. The molecule has 2 aromatic heterocycles. The van der Waals surface area contributed by atoms with Gasteiger partial charge in [0.1, 0.15) is 6.04 Å². The van der Waals surface area contributed by atoms with E-state index in [1.165, 1.54) is 4.90 Å². The fraction of sp³-hybridized carbons (Fsp3) is 0.179. The Morgan fingerprint density at radius 2 is 1.68 bits per heavy atom. The fourth-order valence-corrected chi connectivity index (χ4v) is 4.73. The van der Waals surface area contributed by atoms with E-state index in [1.54, 1.807) is 24.5 Å². The lowest BCUT2D eigenvalue weighted by Crippen LogP contribution is -2.41. The highest BCUT2D eigenvalue weighted by Gasteiger charge is 2.33. The van der Waals surface area contributed by atoms with E-state index >= 15 is 0 Å². The van der Waals surface area contributed by atoms with Crippen molar-refractivity contribution >= 4 is 28.7 Å². The van der Waals surface area contributed by atoms with Crippen LogP contribution in [-0.2, 0) is 16.0 Å². The van der Waals surface area contributed by atoms with Crippen LogP contribution in [0.5, 0.6) is 0 Å². The van der Waals surface area contributed by atoms with Crippen molar-refractivity contribution in [1.82, 2.24) is 20.3 Å². The number of nitrogen functional groups attached to an aromatic ring is 1. The molecule has 9 heteroatoms. The van der Waals surface area contributed by atoms with Crippen molar-refractivity contribution in [2.24, 2.45) is 5.84 Å². The van der Waals surface area contributed by atoms with Crippen molar-refractivity contribution in [2.45, 2.75) is 25.3 Å². The molecule has 4 aromatic rings. The summed E-state index contributed by atoms with van der Waals surface area (Å²) in [6.45, 7) is 0.488. The lowest BCUT2D eigenvalue weighted by molar-refractivity contribution is -0.148. The van der Waals surface area contributed by atoms with Crippen LogP contribution in [0.15, 0.2) is 73.1 Å². The predicted octanol–water partition coefficient (Wildman–Crippen LogP) is 3.19. The minimum atomic E-state index is -0.945. The molecule has 1 unspecified atom stereocenters. The fourth-order valence-electron chi connectivity index (χ4n) is 4.73. The average Bonchev–Trinajstić information content (AvgIpc) is 3.43. The zero-order valence-electron chi connectivity index (χ0n) is 19.9. The van der Waals surface area contributed by atoms with Crippen molar-refractivity contribution < 1.29 is 19.5 Å². The first-order valence-electron chi connectivity index (χ1n) is 11.9. The van der Waals surface area contributed by atoms with Crippen LogP contribution in [0.25, 0.3) is 33.3 Å².